The summed E-state index contributed by atoms with van der Waals surface area (Å²) in [4.78, 5) is 4.39. The smallest absolute Gasteiger partial charge is 0.110 e. The lowest BCUT2D eigenvalue weighted by Gasteiger charge is -1.93. The topological polar surface area (TPSA) is 17.3 Å². The van der Waals surface area contributed by atoms with Gasteiger partial charge < -0.3 is 4.40 Å². The molecule has 62 valence electrons. The number of thiol groups is 1. The van der Waals surface area contributed by atoms with E-state index in [4.69, 9.17) is 0 Å². The zero-order chi connectivity index (χ0) is 8.55. The van der Waals surface area contributed by atoms with Crippen LogP contribution in [-0.2, 0) is 5.75 Å². The summed E-state index contributed by atoms with van der Waals surface area (Å²) in [5.41, 5.74) is 2.21. The molecule has 0 spiro atoms. The van der Waals surface area contributed by atoms with Crippen LogP contribution >= 0.6 is 12.6 Å². The van der Waals surface area contributed by atoms with Crippen molar-refractivity contribution in [2.24, 2.45) is 0 Å². The number of hydrogen-bond acceptors (Lipinski definition) is 2. The first-order chi connectivity index (χ1) is 5.83. The molecule has 0 aliphatic rings. The standard InChI is InChI=1S/C9H10N2S/c1-7-10-8(6-12)9-4-2-3-5-11(7)9/h2-5,12H,6H2,1H3. The second-order valence-electron chi connectivity index (χ2n) is 2.72. The fourth-order valence-corrected chi connectivity index (χ4v) is 1.62. The molecular formula is C9H10N2S. The molecule has 0 radical (unpaired) electrons. The lowest BCUT2D eigenvalue weighted by Crippen LogP contribution is -1.84. The van der Waals surface area contributed by atoms with Gasteiger partial charge >= 0.3 is 0 Å². The minimum Gasteiger partial charge on any atom is -0.304 e. The van der Waals surface area contributed by atoms with Gasteiger partial charge in [0.25, 0.3) is 0 Å². The molecule has 2 rings (SSSR count). The molecule has 0 fully saturated rings. The minimum absolute atomic E-state index is 0.696. The molecule has 2 heterocycles. The first kappa shape index (κ1) is 7.68. The quantitative estimate of drug-likeness (QED) is 0.662. The van der Waals surface area contributed by atoms with Crippen LogP contribution in [0.15, 0.2) is 24.4 Å². The van der Waals surface area contributed by atoms with Gasteiger partial charge in [0, 0.05) is 11.9 Å². The molecule has 0 saturated carbocycles. The average molecular weight is 178 g/mol. The van der Waals surface area contributed by atoms with Crippen molar-refractivity contribution in [3.63, 3.8) is 0 Å². The number of rotatable bonds is 1. The Hall–Kier alpha value is -0.960. The Labute approximate surface area is 76.7 Å². The van der Waals surface area contributed by atoms with E-state index in [-0.39, 0.29) is 0 Å². The number of hydrogen-bond donors (Lipinski definition) is 1. The lowest BCUT2D eigenvalue weighted by molar-refractivity contribution is 1.04. The Bertz CT molecular complexity index is 406. The number of pyridine rings is 1. The third-order valence-corrected chi connectivity index (χ3v) is 2.25. The maximum Gasteiger partial charge on any atom is 0.110 e. The number of aryl methyl sites for hydroxylation is 1. The van der Waals surface area contributed by atoms with Gasteiger partial charge in [0.1, 0.15) is 5.82 Å². The summed E-state index contributed by atoms with van der Waals surface area (Å²) in [6.45, 7) is 2.00. The number of imidazole rings is 1. The van der Waals surface area contributed by atoms with E-state index in [1.165, 1.54) is 0 Å². The summed E-state index contributed by atoms with van der Waals surface area (Å²) in [6, 6.07) is 6.08. The first-order valence-corrected chi connectivity index (χ1v) is 4.49. The highest BCUT2D eigenvalue weighted by molar-refractivity contribution is 7.79. The third kappa shape index (κ3) is 1.01. The van der Waals surface area contributed by atoms with Gasteiger partial charge in [-0.3, -0.25) is 0 Å². The molecular weight excluding hydrogens is 168 g/mol. The van der Waals surface area contributed by atoms with Crippen LogP contribution in [0.2, 0.25) is 0 Å². The van der Waals surface area contributed by atoms with Gasteiger partial charge in [-0.1, -0.05) is 6.07 Å². The Balaban J connectivity index is 2.82. The molecule has 3 heteroatoms. The highest BCUT2D eigenvalue weighted by Gasteiger charge is 2.03. The zero-order valence-corrected chi connectivity index (χ0v) is 7.75. The van der Waals surface area contributed by atoms with Crippen molar-refractivity contribution >= 4 is 18.1 Å². The third-order valence-electron chi connectivity index (χ3n) is 1.95. The molecule has 0 amide bonds. The molecule has 0 N–H and O–H groups in total. The largest absolute Gasteiger partial charge is 0.304 e. The summed E-state index contributed by atoms with van der Waals surface area (Å²) >= 11 is 4.22. The molecule has 0 bridgehead atoms. The molecule has 12 heavy (non-hydrogen) atoms. The van der Waals surface area contributed by atoms with Crippen molar-refractivity contribution in [3.05, 3.63) is 35.9 Å². The van der Waals surface area contributed by atoms with Gasteiger partial charge in [-0.15, -0.1) is 0 Å². The van der Waals surface area contributed by atoms with Gasteiger partial charge in [-0.25, -0.2) is 4.98 Å². The molecule has 0 saturated heterocycles. The van der Waals surface area contributed by atoms with Crippen molar-refractivity contribution in [2.75, 3.05) is 0 Å². The van der Waals surface area contributed by atoms with Gasteiger partial charge in [-0.05, 0) is 19.1 Å². The maximum atomic E-state index is 4.39. The highest BCUT2D eigenvalue weighted by atomic mass is 32.1. The number of aromatic nitrogens is 2. The Morgan fingerprint density at radius 3 is 3.08 bits per heavy atom. The van der Waals surface area contributed by atoms with Crippen LogP contribution in [0, 0.1) is 6.92 Å². The van der Waals surface area contributed by atoms with E-state index >= 15 is 0 Å². The Morgan fingerprint density at radius 2 is 2.33 bits per heavy atom. The van der Waals surface area contributed by atoms with Gasteiger partial charge in [-0.2, -0.15) is 12.6 Å². The molecule has 0 aliphatic heterocycles. The van der Waals surface area contributed by atoms with Crippen LogP contribution in [-0.4, -0.2) is 9.38 Å². The van der Waals surface area contributed by atoms with Crippen LogP contribution in [0.5, 0.6) is 0 Å². The lowest BCUT2D eigenvalue weighted by atomic mass is 10.3. The van der Waals surface area contributed by atoms with Crippen LogP contribution in [0.1, 0.15) is 11.5 Å². The summed E-state index contributed by atoms with van der Waals surface area (Å²) in [5.74, 6) is 1.72. The van der Waals surface area contributed by atoms with Gasteiger partial charge in [0.05, 0.1) is 11.2 Å². The van der Waals surface area contributed by atoms with E-state index in [0.29, 0.717) is 5.75 Å². The van der Waals surface area contributed by atoms with E-state index in [2.05, 4.69) is 28.1 Å². The fourth-order valence-electron chi connectivity index (χ4n) is 1.38. The van der Waals surface area contributed by atoms with E-state index in [9.17, 15) is 0 Å². The molecule has 0 aromatic carbocycles. The van der Waals surface area contributed by atoms with Crippen LogP contribution in [0.25, 0.3) is 5.52 Å². The van der Waals surface area contributed by atoms with E-state index in [1.807, 2.05) is 25.3 Å². The predicted octanol–water partition coefficient (Wildman–Crippen LogP) is 2.07. The van der Waals surface area contributed by atoms with Crippen molar-refractivity contribution in [1.29, 1.82) is 0 Å². The van der Waals surface area contributed by atoms with E-state index in [0.717, 1.165) is 17.0 Å². The van der Waals surface area contributed by atoms with Crippen LogP contribution in [0.4, 0.5) is 0 Å². The Morgan fingerprint density at radius 1 is 1.50 bits per heavy atom. The molecule has 2 nitrogen and oxygen atoms in total. The normalized spacial score (nSPS) is 10.8. The maximum absolute atomic E-state index is 4.39. The summed E-state index contributed by atoms with van der Waals surface area (Å²) < 4.78 is 2.07. The summed E-state index contributed by atoms with van der Waals surface area (Å²) in [5, 5.41) is 0. The monoisotopic (exact) mass is 178 g/mol. The minimum atomic E-state index is 0.696. The van der Waals surface area contributed by atoms with Crippen LogP contribution < -0.4 is 0 Å². The van der Waals surface area contributed by atoms with E-state index < -0.39 is 0 Å². The second kappa shape index (κ2) is 2.83. The van der Waals surface area contributed by atoms with Crippen molar-refractivity contribution < 1.29 is 0 Å². The van der Waals surface area contributed by atoms with Crippen molar-refractivity contribution in [2.45, 2.75) is 12.7 Å². The van der Waals surface area contributed by atoms with Gasteiger partial charge in [0.15, 0.2) is 0 Å². The first-order valence-electron chi connectivity index (χ1n) is 3.86. The van der Waals surface area contributed by atoms with Crippen molar-refractivity contribution in [1.82, 2.24) is 9.38 Å². The average Bonchev–Trinajstić information content (AvgIpc) is 2.44. The number of fused-ring (bicyclic) bond motifs is 1. The summed E-state index contributed by atoms with van der Waals surface area (Å²) in [6.07, 6.45) is 2.02. The highest BCUT2D eigenvalue weighted by Crippen LogP contribution is 2.13. The fraction of sp³-hybridized carbons (Fsp3) is 0.222. The molecule has 0 unspecified atom stereocenters. The SMILES string of the molecule is Cc1nc(CS)c2ccccn12. The zero-order valence-electron chi connectivity index (χ0n) is 6.86. The molecule has 2 aromatic heterocycles. The number of nitrogens with zero attached hydrogens (tertiary/aromatic N) is 2. The van der Waals surface area contributed by atoms with Crippen molar-refractivity contribution in [3.8, 4) is 0 Å². The Kier molecular flexibility index (Phi) is 1.81. The second-order valence-corrected chi connectivity index (χ2v) is 3.04. The molecule has 0 aliphatic carbocycles. The van der Waals surface area contributed by atoms with Crippen LogP contribution in [0.3, 0.4) is 0 Å². The summed E-state index contributed by atoms with van der Waals surface area (Å²) in [7, 11) is 0. The van der Waals surface area contributed by atoms with Gasteiger partial charge in [0.2, 0.25) is 0 Å². The molecule has 0 atom stereocenters. The molecule has 2 aromatic rings. The van der Waals surface area contributed by atoms with E-state index in [1.54, 1.807) is 0 Å². The predicted molar refractivity (Wildman–Crippen MR) is 52.6 cm³/mol.